The molecule has 0 saturated carbocycles. The molecule has 1 N–H and O–H groups in total. The highest BCUT2D eigenvalue weighted by atomic mass is 32.2. The van der Waals surface area contributed by atoms with Crippen molar-refractivity contribution in [1.82, 2.24) is 14.2 Å². The topological polar surface area (TPSA) is 90.0 Å². The van der Waals surface area contributed by atoms with Crippen LogP contribution in [0.4, 0.5) is 10.3 Å². The van der Waals surface area contributed by atoms with Crippen molar-refractivity contribution < 1.29 is 17.2 Å². The molecule has 9 heteroatoms. The van der Waals surface area contributed by atoms with Crippen molar-refractivity contribution in [2.75, 3.05) is 11.1 Å². The molecule has 3 aromatic rings. The summed E-state index contributed by atoms with van der Waals surface area (Å²) in [5.74, 6) is 0.144. The van der Waals surface area contributed by atoms with E-state index in [1.807, 2.05) is 0 Å². The third-order valence-corrected chi connectivity index (χ3v) is 4.82. The van der Waals surface area contributed by atoms with Crippen LogP contribution in [0, 0.1) is 5.82 Å². The maximum atomic E-state index is 12.9. The van der Waals surface area contributed by atoms with E-state index in [1.54, 1.807) is 24.3 Å². The molecule has 0 bridgehead atoms. The summed E-state index contributed by atoms with van der Waals surface area (Å²) in [6.07, 6.45) is 1.45. The quantitative estimate of drug-likeness (QED) is 0.734. The van der Waals surface area contributed by atoms with E-state index in [4.69, 9.17) is 4.42 Å². The van der Waals surface area contributed by atoms with Crippen LogP contribution in [-0.4, -0.2) is 28.3 Å². The Morgan fingerprint density at radius 1 is 1.25 bits per heavy atom. The molecule has 0 aliphatic rings. The summed E-state index contributed by atoms with van der Waals surface area (Å²) in [5.41, 5.74) is 0.777. The van der Waals surface area contributed by atoms with Gasteiger partial charge in [0.05, 0.1) is 12.0 Å². The Hall–Kier alpha value is -2.68. The molecule has 1 aromatic carbocycles. The second-order valence-corrected chi connectivity index (χ2v) is 7.05. The number of aromatic nitrogens is 3. The molecule has 0 radical (unpaired) electrons. The third-order valence-electron chi connectivity index (χ3n) is 3.31. The summed E-state index contributed by atoms with van der Waals surface area (Å²) in [4.78, 5) is 4.19. The van der Waals surface area contributed by atoms with Crippen molar-refractivity contribution in [2.24, 2.45) is 0 Å². The lowest BCUT2D eigenvalue weighted by Gasteiger charge is -2.07. The predicted octanol–water partition coefficient (Wildman–Crippen LogP) is 2.49. The van der Waals surface area contributed by atoms with Crippen molar-refractivity contribution in [3.05, 3.63) is 54.0 Å². The molecular weight excluding hydrogens is 335 g/mol. The molecule has 2 heterocycles. The van der Waals surface area contributed by atoms with Gasteiger partial charge in [0.2, 0.25) is 11.8 Å². The van der Waals surface area contributed by atoms with E-state index in [-0.39, 0.29) is 29.9 Å². The van der Waals surface area contributed by atoms with Crippen molar-refractivity contribution in [3.63, 3.8) is 0 Å². The van der Waals surface area contributed by atoms with Gasteiger partial charge in [-0.25, -0.2) is 12.8 Å². The second-order valence-electron chi connectivity index (χ2n) is 4.96. The SMILES string of the molecule is CCS(=O)(=O)n1nc(-c2ccco2)nc1NCc1ccc(F)cc1. The van der Waals surface area contributed by atoms with E-state index in [2.05, 4.69) is 15.4 Å². The lowest BCUT2D eigenvalue weighted by atomic mass is 10.2. The van der Waals surface area contributed by atoms with Crippen LogP contribution < -0.4 is 5.32 Å². The first-order chi connectivity index (χ1) is 11.5. The van der Waals surface area contributed by atoms with E-state index in [0.717, 1.165) is 9.65 Å². The number of anilines is 1. The van der Waals surface area contributed by atoms with Gasteiger partial charge in [0.25, 0.3) is 10.0 Å². The van der Waals surface area contributed by atoms with Gasteiger partial charge in [-0.15, -0.1) is 9.19 Å². The van der Waals surface area contributed by atoms with Crippen molar-refractivity contribution in [2.45, 2.75) is 13.5 Å². The van der Waals surface area contributed by atoms with Crippen LogP contribution >= 0.6 is 0 Å². The normalized spacial score (nSPS) is 11.6. The van der Waals surface area contributed by atoms with Gasteiger partial charge >= 0.3 is 0 Å². The lowest BCUT2D eigenvalue weighted by molar-refractivity contribution is 0.574. The summed E-state index contributed by atoms with van der Waals surface area (Å²) in [7, 11) is -3.63. The highest BCUT2D eigenvalue weighted by Crippen LogP contribution is 2.20. The second kappa shape index (κ2) is 6.44. The van der Waals surface area contributed by atoms with Crippen LogP contribution in [0.1, 0.15) is 12.5 Å². The summed E-state index contributed by atoms with van der Waals surface area (Å²) in [6.45, 7) is 1.79. The fourth-order valence-corrected chi connectivity index (χ4v) is 2.83. The summed E-state index contributed by atoms with van der Waals surface area (Å²) in [6, 6.07) is 9.17. The first kappa shape index (κ1) is 16.2. The average Bonchev–Trinajstić information content (AvgIpc) is 3.24. The van der Waals surface area contributed by atoms with E-state index < -0.39 is 10.0 Å². The Morgan fingerprint density at radius 2 is 2.00 bits per heavy atom. The van der Waals surface area contributed by atoms with Crippen LogP contribution in [0.2, 0.25) is 0 Å². The molecule has 0 spiro atoms. The Labute approximate surface area is 138 Å². The predicted molar refractivity (Wildman–Crippen MR) is 86.3 cm³/mol. The van der Waals surface area contributed by atoms with Crippen LogP contribution in [-0.2, 0) is 16.6 Å². The Bertz CT molecular complexity index is 918. The first-order valence-electron chi connectivity index (χ1n) is 7.22. The number of hydrogen-bond donors (Lipinski definition) is 1. The van der Waals surface area contributed by atoms with Crippen molar-refractivity contribution in [1.29, 1.82) is 0 Å². The molecule has 0 unspecified atom stereocenters. The fourth-order valence-electron chi connectivity index (χ4n) is 2.02. The molecule has 24 heavy (non-hydrogen) atoms. The van der Waals surface area contributed by atoms with Crippen molar-refractivity contribution in [3.8, 4) is 11.6 Å². The average molecular weight is 350 g/mol. The minimum atomic E-state index is -3.63. The summed E-state index contributed by atoms with van der Waals surface area (Å²) in [5, 5.41) is 6.94. The monoisotopic (exact) mass is 350 g/mol. The first-order valence-corrected chi connectivity index (χ1v) is 8.83. The Morgan fingerprint density at radius 3 is 2.62 bits per heavy atom. The maximum absolute atomic E-state index is 12.9. The zero-order chi connectivity index (χ0) is 17.2. The van der Waals surface area contributed by atoms with E-state index >= 15 is 0 Å². The van der Waals surface area contributed by atoms with Crippen LogP contribution in [0.5, 0.6) is 0 Å². The molecule has 7 nitrogen and oxygen atoms in total. The highest BCUT2D eigenvalue weighted by molar-refractivity contribution is 7.89. The van der Waals surface area contributed by atoms with Crippen LogP contribution in [0.25, 0.3) is 11.6 Å². The smallest absolute Gasteiger partial charge is 0.256 e. The molecule has 126 valence electrons. The molecule has 3 rings (SSSR count). The molecule has 0 fully saturated rings. The van der Waals surface area contributed by atoms with Gasteiger partial charge < -0.3 is 9.73 Å². The number of nitrogens with zero attached hydrogens (tertiary/aromatic N) is 3. The number of nitrogens with one attached hydrogen (secondary N) is 1. The van der Waals surface area contributed by atoms with E-state index in [1.165, 1.54) is 25.3 Å². The number of hydrogen-bond acceptors (Lipinski definition) is 6. The fraction of sp³-hybridized carbons (Fsp3) is 0.200. The lowest BCUT2D eigenvalue weighted by Crippen LogP contribution is -2.19. The van der Waals surface area contributed by atoms with E-state index in [9.17, 15) is 12.8 Å². The van der Waals surface area contributed by atoms with Gasteiger partial charge in [-0.3, -0.25) is 0 Å². The zero-order valence-corrected chi connectivity index (χ0v) is 13.6. The Kier molecular flexibility index (Phi) is 4.34. The highest BCUT2D eigenvalue weighted by Gasteiger charge is 2.21. The number of benzene rings is 1. The van der Waals surface area contributed by atoms with Crippen LogP contribution in [0.3, 0.4) is 0 Å². The van der Waals surface area contributed by atoms with Crippen molar-refractivity contribution >= 4 is 16.0 Å². The number of furan rings is 1. The maximum Gasteiger partial charge on any atom is 0.256 e. The number of halogens is 1. The number of rotatable bonds is 6. The zero-order valence-electron chi connectivity index (χ0n) is 12.8. The molecule has 0 aliphatic heterocycles. The molecule has 2 aromatic heterocycles. The van der Waals surface area contributed by atoms with Gasteiger partial charge in [-0.1, -0.05) is 12.1 Å². The minimum Gasteiger partial charge on any atom is -0.461 e. The van der Waals surface area contributed by atoms with Gasteiger partial charge in [-0.2, -0.15) is 4.98 Å². The van der Waals surface area contributed by atoms with Crippen LogP contribution in [0.15, 0.2) is 47.1 Å². The minimum absolute atomic E-state index is 0.0765. The van der Waals surface area contributed by atoms with E-state index in [0.29, 0.717) is 5.76 Å². The van der Waals surface area contributed by atoms with Gasteiger partial charge in [0.15, 0.2) is 5.76 Å². The summed E-state index contributed by atoms with van der Waals surface area (Å²) >= 11 is 0. The third kappa shape index (κ3) is 3.30. The van der Waals surface area contributed by atoms with Gasteiger partial charge in [0, 0.05) is 6.54 Å². The molecular formula is C15H15FN4O3S. The molecule has 0 atom stereocenters. The largest absolute Gasteiger partial charge is 0.461 e. The summed E-state index contributed by atoms with van der Waals surface area (Å²) < 4.78 is 43.4. The molecule has 0 aliphatic carbocycles. The van der Waals surface area contributed by atoms with Gasteiger partial charge in [0.1, 0.15) is 5.82 Å². The Balaban J connectivity index is 1.91. The van der Waals surface area contributed by atoms with Gasteiger partial charge in [-0.05, 0) is 36.8 Å². The molecule has 0 amide bonds. The standard InChI is InChI=1S/C15H15FN4O3S/c1-2-24(21,22)20-15(17-10-11-5-7-12(16)8-6-11)18-14(19-20)13-4-3-9-23-13/h3-9H,2,10H2,1H3,(H,17,18,19). The molecule has 0 saturated heterocycles.